The van der Waals surface area contributed by atoms with Crippen LogP contribution in [-0.2, 0) is 0 Å². The maximum Gasteiger partial charge on any atom is 0.573 e. The van der Waals surface area contributed by atoms with Crippen LogP contribution in [0.15, 0.2) is 22.1 Å². The van der Waals surface area contributed by atoms with Gasteiger partial charge in [-0.2, -0.15) is 4.99 Å². The van der Waals surface area contributed by atoms with E-state index in [1.807, 2.05) is 22.6 Å². The number of ether oxygens (including phenoxy) is 1. The summed E-state index contributed by atoms with van der Waals surface area (Å²) in [5.74, 6) is -0.198. The van der Waals surface area contributed by atoms with E-state index in [-0.39, 0.29) is 16.9 Å². The van der Waals surface area contributed by atoms with Gasteiger partial charge in [0.1, 0.15) is 11.4 Å². The molecule has 3 rings (SSSR count). The minimum atomic E-state index is -4.80. The minimum absolute atomic E-state index is 0.0647. The van der Waals surface area contributed by atoms with E-state index in [0.29, 0.717) is 22.1 Å². The molecule has 1 heterocycles. The van der Waals surface area contributed by atoms with E-state index in [4.69, 9.17) is 23.1 Å². The Balaban J connectivity index is 2.07. The monoisotopic (exact) mass is 501 g/mol. The van der Waals surface area contributed by atoms with Crippen molar-refractivity contribution in [2.75, 3.05) is 4.90 Å². The number of nitrogens with two attached hydrogens (primary N) is 2. The van der Waals surface area contributed by atoms with Gasteiger partial charge in [-0.15, -0.1) is 13.2 Å². The molecule has 1 fully saturated rings. The zero-order chi connectivity index (χ0) is 19.1. The molecule has 6 nitrogen and oxygen atoms in total. The molecule has 0 aromatic heterocycles. The normalized spacial score (nSPS) is 20.0. The summed E-state index contributed by atoms with van der Waals surface area (Å²) in [4.78, 5) is 10.2. The largest absolute Gasteiger partial charge is 0.573 e. The lowest BCUT2D eigenvalue weighted by Crippen LogP contribution is -2.58. The van der Waals surface area contributed by atoms with Gasteiger partial charge in [0, 0.05) is 9.64 Å². The summed E-state index contributed by atoms with van der Waals surface area (Å²) < 4.78 is 41.9. The predicted molar refractivity (Wildman–Crippen MR) is 102 cm³/mol. The highest BCUT2D eigenvalue weighted by Crippen LogP contribution is 2.45. The minimum Gasteiger partial charge on any atom is -0.406 e. The molecule has 1 aromatic rings. The number of benzene rings is 1. The van der Waals surface area contributed by atoms with Crippen LogP contribution in [-0.4, -0.2) is 23.9 Å². The molecule has 4 N–H and O–H groups in total. The Bertz CT molecular complexity index is 754. The Morgan fingerprint density at radius 2 is 1.85 bits per heavy atom. The zero-order valence-corrected chi connectivity index (χ0v) is 16.4. The molecule has 1 saturated carbocycles. The van der Waals surface area contributed by atoms with Gasteiger partial charge < -0.3 is 16.2 Å². The summed E-state index contributed by atoms with van der Waals surface area (Å²) in [6.07, 6.45) is -0.517. The molecular formula is C15H16ClF3IN5O. The summed E-state index contributed by atoms with van der Waals surface area (Å²) in [7, 11) is 0. The van der Waals surface area contributed by atoms with E-state index in [1.165, 1.54) is 6.07 Å². The van der Waals surface area contributed by atoms with Gasteiger partial charge in [0.25, 0.3) is 0 Å². The van der Waals surface area contributed by atoms with Gasteiger partial charge in [-0.25, -0.2) is 4.99 Å². The van der Waals surface area contributed by atoms with E-state index >= 15 is 0 Å². The first kappa shape index (κ1) is 19.3. The maximum absolute atomic E-state index is 12.5. The Hall–Kier alpha value is -1.43. The lowest BCUT2D eigenvalue weighted by Gasteiger charge is -2.46. The maximum atomic E-state index is 12.5. The predicted octanol–water partition coefficient (Wildman–Crippen LogP) is 3.95. The molecule has 0 saturated heterocycles. The molecule has 0 unspecified atom stereocenters. The van der Waals surface area contributed by atoms with Crippen molar-refractivity contribution in [1.82, 2.24) is 0 Å². The first-order valence-corrected chi connectivity index (χ1v) is 9.31. The van der Waals surface area contributed by atoms with Crippen LogP contribution in [0.2, 0.25) is 5.02 Å². The van der Waals surface area contributed by atoms with Crippen molar-refractivity contribution in [2.24, 2.45) is 21.5 Å². The number of alkyl halides is 3. The number of guanidine groups is 2. The molecule has 1 aliphatic heterocycles. The van der Waals surface area contributed by atoms with Crippen molar-refractivity contribution in [2.45, 2.75) is 44.1 Å². The van der Waals surface area contributed by atoms with E-state index in [0.717, 1.165) is 25.3 Å². The van der Waals surface area contributed by atoms with E-state index in [9.17, 15) is 13.2 Å². The Morgan fingerprint density at radius 3 is 2.42 bits per heavy atom. The SMILES string of the molecule is NC1=NC2(CCCCC2)N(c2c(Cl)cc(OC(F)(F)F)cc2I)C(N)=N1. The molecular weight excluding hydrogens is 486 g/mol. The van der Waals surface area contributed by atoms with Crippen molar-refractivity contribution in [3.63, 3.8) is 0 Å². The smallest absolute Gasteiger partial charge is 0.406 e. The highest BCUT2D eigenvalue weighted by atomic mass is 127. The number of rotatable bonds is 2. The topological polar surface area (TPSA) is 89.2 Å². The van der Waals surface area contributed by atoms with E-state index in [2.05, 4.69) is 14.7 Å². The van der Waals surface area contributed by atoms with E-state index < -0.39 is 17.8 Å². The average Bonchev–Trinajstić information content (AvgIpc) is 2.48. The van der Waals surface area contributed by atoms with E-state index in [1.54, 1.807) is 4.90 Å². The van der Waals surface area contributed by atoms with Crippen molar-refractivity contribution in [3.05, 3.63) is 20.7 Å². The van der Waals surface area contributed by atoms with Crippen molar-refractivity contribution >= 4 is 51.8 Å². The number of aliphatic imine (C=N–C) groups is 2. The highest BCUT2D eigenvalue weighted by Gasteiger charge is 2.44. The van der Waals surface area contributed by atoms with Crippen LogP contribution in [0.5, 0.6) is 5.75 Å². The van der Waals surface area contributed by atoms with Crippen LogP contribution in [0.4, 0.5) is 18.9 Å². The fraction of sp³-hybridized carbons (Fsp3) is 0.467. The molecule has 2 aliphatic rings. The van der Waals surface area contributed by atoms with Crippen LogP contribution in [0.1, 0.15) is 32.1 Å². The van der Waals surface area contributed by atoms with Gasteiger partial charge in [0.15, 0.2) is 0 Å². The quantitative estimate of drug-likeness (QED) is 0.601. The van der Waals surface area contributed by atoms with Crippen molar-refractivity contribution < 1.29 is 17.9 Å². The summed E-state index contributed by atoms with van der Waals surface area (Å²) >= 11 is 8.21. The standard InChI is InChI=1S/C15H16ClF3IN5O/c16-9-6-8(26-15(17,18)19)7-10(20)11(9)25-13(22)23-12(21)24-14(25)4-2-1-3-5-14/h6-7H,1-5H2,(H4,21,22,23,24). The lowest BCUT2D eigenvalue weighted by molar-refractivity contribution is -0.274. The summed E-state index contributed by atoms with van der Waals surface area (Å²) in [6, 6.07) is 2.36. The third kappa shape index (κ3) is 3.80. The third-order valence-electron chi connectivity index (χ3n) is 4.30. The second kappa shape index (κ2) is 6.95. The number of hydrogen-bond donors (Lipinski definition) is 2. The van der Waals surface area contributed by atoms with Gasteiger partial charge in [-0.1, -0.05) is 18.0 Å². The molecule has 1 spiro atoms. The van der Waals surface area contributed by atoms with Crippen LogP contribution in [0.3, 0.4) is 0 Å². The number of nitrogens with zero attached hydrogens (tertiary/aromatic N) is 3. The molecule has 26 heavy (non-hydrogen) atoms. The average molecular weight is 502 g/mol. The molecule has 0 bridgehead atoms. The number of halogens is 5. The van der Waals surface area contributed by atoms with Crippen molar-refractivity contribution in [3.8, 4) is 5.75 Å². The second-order valence-electron chi connectivity index (χ2n) is 6.10. The highest BCUT2D eigenvalue weighted by molar-refractivity contribution is 14.1. The Labute approximate surface area is 166 Å². The third-order valence-corrected chi connectivity index (χ3v) is 5.41. The van der Waals surface area contributed by atoms with Crippen molar-refractivity contribution in [1.29, 1.82) is 0 Å². The van der Waals surface area contributed by atoms with Crippen LogP contribution in [0.25, 0.3) is 0 Å². The molecule has 1 aliphatic carbocycles. The Morgan fingerprint density at radius 1 is 1.19 bits per heavy atom. The first-order valence-electron chi connectivity index (χ1n) is 7.86. The fourth-order valence-corrected chi connectivity index (χ4v) is 4.69. The molecule has 0 atom stereocenters. The molecule has 142 valence electrons. The summed E-state index contributed by atoms with van der Waals surface area (Å²) in [5, 5.41) is 0.0647. The van der Waals surface area contributed by atoms with Gasteiger partial charge in [-0.3, -0.25) is 4.90 Å². The first-order chi connectivity index (χ1) is 12.1. The number of hydrogen-bond acceptors (Lipinski definition) is 6. The molecule has 0 radical (unpaired) electrons. The van der Waals surface area contributed by atoms with Gasteiger partial charge >= 0.3 is 6.36 Å². The molecule has 11 heteroatoms. The van der Waals surface area contributed by atoms with Gasteiger partial charge in [0.05, 0.1) is 10.7 Å². The van der Waals surface area contributed by atoms with Crippen LogP contribution < -0.4 is 21.1 Å². The summed E-state index contributed by atoms with van der Waals surface area (Å²) in [6.45, 7) is 0. The fourth-order valence-electron chi connectivity index (χ4n) is 3.39. The number of anilines is 1. The second-order valence-corrected chi connectivity index (χ2v) is 7.67. The molecule has 0 amide bonds. The Kier molecular flexibility index (Phi) is 5.17. The summed E-state index contributed by atoms with van der Waals surface area (Å²) in [5.41, 5.74) is 11.7. The van der Waals surface area contributed by atoms with Crippen LogP contribution >= 0.6 is 34.2 Å². The van der Waals surface area contributed by atoms with Gasteiger partial charge in [-0.05, 0) is 54.3 Å². The zero-order valence-electron chi connectivity index (χ0n) is 13.5. The van der Waals surface area contributed by atoms with Gasteiger partial charge in [0.2, 0.25) is 11.9 Å². The lowest BCUT2D eigenvalue weighted by atomic mass is 9.87. The van der Waals surface area contributed by atoms with Crippen LogP contribution in [0, 0.1) is 3.57 Å². The molecule has 1 aromatic carbocycles.